The van der Waals surface area contributed by atoms with Crippen LogP contribution >= 0.6 is 22.9 Å². The molecule has 1 aliphatic heterocycles. The molecule has 0 aromatic carbocycles. The van der Waals surface area contributed by atoms with E-state index in [9.17, 15) is 0 Å². The number of nitrogens with zero attached hydrogens (tertiary/aromatic N) is 2. The summed E-state index contributed by atoms with van der Waals surface area (Å²) in [5.41, 5.74) is 0. The van der Waals surface area contributed by atoms with Gasteiger partial charge in [-0.05, 0) is 18.8 Å². The summed E-state index contributed by atoms with van der Waals surface area (Å²) in [6, 6.07) is 0. The molecule has 1 aromatic rings. The van der Waals surface area contributed by atoms with Crippen LogP contribution in [0.4, 0.5) is 5.13 Å². The second-order valence-electron chi connectivity index (χ2n) is 3.40. The molecule has 0 spiro atoms. The van der Waals surface area contributed by atoms with Crippen LogP contribution in [0, 0.1) is 5.92 Å². The summed E-state index contributed by atoms with van der Waals surface area (Å²) >= 11 is 7.54. The fraction of sp³-hybridized carbons (Fsp3) is 0.667. The minimum atomic E-state index is 0.720. The Morgan fingerprint density at radius 1 is 1.54 bits per heavy atom. The molecular weight excluding hydrogens is 204 g/mol. The maximum atomic E-state index is 5.82. The summed E-state index contributed by atoms with van der Waals surface area (Å²) in [7, 11) is 0. The van der Waals surface area contributed by atoms with Crippen LogP contribution in [0.15, 0.2) is 11.6 Å². The Bertz CT molecular complexity index is 242. The fourth-order valence-electron chi connectivity index (χ4n) is 1.65. The maximum Gasteiger partial charge on any atom is 0.185 e. The Morgan fingerprint density at radius 3 is 2.85 bits per heavy atom. The molecule has 4 heteroatoms. The molecule has 1 saturated heterocycles. The van der Waals surface area contributed by atoms with Gasteiger partial charge in [0, 0.05) is 30.5 Å². The normalized spacial score (nSPS) is 19.3. The van der Waals surface area contributed by atoms with Gasteiger partial charge in [-0.3, -0.25) is 0 Å². The van der Waals surface area contributed by atoms with Gasteiger partial charge in [0.1, 0.15) is 0 Å². The van der Waals surface area contributed by atoms with Gasteiger partial charge in [0.2, 0.25) is 0 Å². The van der Waals surface area contributed by atoms with E-state index in [1.807, 2.05) is 11.6 Å². The average molecular weight is 217 g/mol. The van der Waals surface area contributed by atoms with Crippen LogP contribution in [0.2, 0.25) is 0 Å². The molecule has 0 atom stereocenters. The largest absolute Gasteiger partial charge is 0.348 e. The monoisotopic (exact) mass is 216 g/mol. The molecule has 2 rings (SSSR count). The number of hydrogen-bond acceptors (Lipinski definition) is 3. The first-order chi connectivity index (χ1) is 6.40. The zero-order valence-electron chi connectivity index (χ0n) is 7.45. The standard InChI is InChI=1S/C9H13ClN2S/c10-7-8-1-4-12(5-2-8)9-11-3-6-13-9/h3,6,8H,1-2,4-5,7H2. The molecule has 1 aromatic heterocycles. The average Bonchev–Trinajstić information content (AvgIpc) is 2.71. The van der Waals surface area contributed by atoms with Gasteiger partial charge >= 0.3 is 0 Å². The van der Waals surface area contributed by atoms with Crippen LogP contribution < -0.4 is 4.90 Å². The van der Waals surface area contributed by atoms with Gasteiger partial charge in [0.05, 0.1) is 0 Å². The second-order valence-corrected chi connectivity index (χ2v) is 4.58. The number of anilines is 1. The van der Waals surface area contributed by atoms with E-state index < -0.39 is 0 Å². The van der Waals surface area contributed by atoms with Gasteiger partial charge in [-0.25, -0.2) is 4.98 Å². The Balaban J connectivity index is 1.92. The molecule has 0 radical (unpaired) electrons. The third-order valence-corrected chi connectivity index (χ3v) is 3.79. The molecule has 0 bridgehead atoms. The zero-order chi connectivity index (χ0) is 9.10. The van der Waals surface area contributed by atoms with E-state index >= 15 is 0 Å². The SMILES string of the molecule is ClCC1CCN(c2nccs2)CC1. The first-order valence-corrected chi connectivity index (χ1v) is 6.02. The first kappa shape index (κ1) is 9.28. The van der Waals surface area contributed by atoms with Crippen molar-refractivity contribution >= 4 is 28.1 Å². The molecule has 13 heavy (non-hydrogen) atoms. The van der Waals surface area contributed by atoms with Crippen LogP contribution in [0.3, 0.4) is 0 Å². The number of halogens is 1. The van der Waals surface area contributed by atoms with Gasteiger partial charge < -0.3 is 4.90 Å². The quantitative estimate of drug-likeness (QED) is 0.707. The summed E-state index contributed by atoms with van der Waals surface area (Å²) in [6.45, 7) is 2.23. The van der Waals surface area contributed by atoms with Crippen molar-refractivity contribution in [1.82, 2.24) is 4.98 Å². The summed E-state index contributed by atoms with van der Waals surface area (Å²) in [5, 5.41) is 3.19. The van der Waals surface area contributed by atoms with E-state index in [-0.39, 0.29) is 0 Å². The number of hydrogen-bond donors (Lipinski definition) is 0. The Hall–Kier alpha value is -0.280. The molecule has 2 nitrogen and oxygen atoms in total. The molecule has 2 heterocycles. The third kappa shape index (κ3) is 2.15. The van der Waals surface area contributed by atoms with Gasteiger partial charge in [-0.1, -0.05) is 0 Å². The van der Waals surface area contributed by atoms with Crippen molar-refractivity contribution < 1.29 is 0 Å². The lowest BCUT2D eigenvalue weighted by atomic mass is 9.99. The third-order valence-electron chi connectivity index (χ3n) is 2.52. The fourth-order valence-corrected chi connectivity index (χ4v) is 2.66. The molecule has 0 amide bonds. The summed E-state index contributed by atoms with van der Waals surface area (Å²) in [4.78, 5) is 6.66. The number of rotatable bonds is 2. The lowest BCUT2D eigenvalue weighted by Gasteiger charge is -2.30. The molecule has 72 valence electrons. The maximum absolute atomic E-state index is 5.82. The number of thiazole rings is 1. The lowest BCUT2D eigenvalue weighted by Crippen LogP contribution is -2.33. The van der Waals surface area contributed by atoms with Gasteiger partial charge in [-0.15, -0.1) is 22.9 Å². The Morgan fingerprint density at radius 2 is 2.31 bits per heavy atom. The number of alkyl halides is 1. The van der Waals surface area contributed by atoms with Crippen molar-refractivity contribution in [2.75, 3.05) is 23.9 Å². The Kier molecular flexibility index (Phi) is 3.06. The van der Waals surface area contributed by atoms with Gasteiger partial charge in [0.25, 0.3) is 0 Å². The van der Waals surface area contributed by atoms with Crippen molar-refractivity contribution in [3.63, 3.8) is 0 Å². The van der Waals surface area contributed by atoms with E-state index in [1.54, 1.807) is 11.3 Å². The molecule has 0 unspecified atom stereocenters. The highest BCUT2D eigenvalue weighted by atomic mass is 35.5. The first-order valence-electron chi connectivity index (χ1n) is 4.60. The Labute approximate surface area is 87.5 Å². The van der Waals surface area contributed by atoms with Crippen LogP contribution in [-0.4, -0.2) is 24.0 Å². The zero-order valence-corrected chi connectivity index (χ0v) is 9.02. The summed E-state index contributed by atoms with van der Waals surface area (Å²) in [6.07, 6.45) is 4.29. The lowest BCUT2D eigenvalue weighted by molar-refractivity contribution is 0.442. The van der Waals surface area contributed by atoms with Crippen LogP contribution in [0.5, 0.6) is 0 Å². The molecule has 1 aliphatic rings. The van der Waals surface area contributed by atoms with Crippen molar-refractivity contribution in [1.29, 1.82) is 0 Å². The minimum Gasteiger partial charge on any atom is -0.348 e. The van der Waals surface area contributed by atoms with Gasteiger partial charge in [0.15, 0.2) is 5.13 Å². The molecule has 1 fully saturated rings. The molecular formula is C9H13ClN2S. The van der Waals surface area contributed by atoms with E-state index in [2.05, 4.69) is 9.88 Å². The highest BCUT2D eigenvalue weighted by Gasteiger charge is 2.19. The topological polar surface area (TPSA) is 16.1 Å². The predicted molar refractivity (Wildman–Crippen MR) is 57.8 cm³/mol. The number of aromatic nitrogens is 1. The van der Waals surface area contributed by atoms with Crippen LogP contribution in [-0.2, 0) is 0 Å². The van der Waals surface area contributed by atoms with Crippen molar-refractivity contribution in [2.24, 2.45) is 5.92 Å². The minimum absolute atomic E-state index is 0.720. The second kappa shape index (κ2) is 4.29. The van der Waals surface area contributed by atoms with Gasteiger partial charge in [-0.2, -0.15) is 0 Å². The van der Waals surface area contributed by atoms with Crippen LogP contribution in [0.1, 0.15) is 12.8 Å². The highest BCUT2D eigenvalue weighted by Crippen LogP contribution is 2.25. The van der Waals surface area contributed by atoms with Crippen molar-refractivity contribution in [3.05, 3.63) is 11.6 Å². The van der Waals surface area contributed by atoms with E-state index in [4.69, 9.17) is 11.6 Å². The smallest absolute Gasteiger partial charge is 0.185 e. The molecule has 0 aliphatic carbocycles. The summed E-state index contributed by atoms with van der Waals surface area (Å²) in [5.74, 6) is 1.53. The van der Waals surface area contributed by atoms with E-state index in [0.717, 1.165) is 30.0 Å². The molecule has 0 saturated carbocycles. The summed E-state index contributed by atoms with van der Waals surface area (Å²) < 4.78 is 0. The van der Waals surface area contributed by atoms with Crippen molar-refractivity contribution in [2.45, 2.75) is 12.8 Å². The number of piperidine rings is 1. The van der Waals surface area contributed by atoms with Crippen molar-refractivity contribution in [3.8, 4) is 0 Å². The molecule has 0 N–H and O–H groups in total. The van der Waals surface area contributed by atoms with E-state index in [0.29, 0.717) is 0 Å². The van der Waals surface area contributed by atoms with E-state index in [1.165, 1.54) is 12.8 Å². The highest BCUT2D eigenvalue weighted by molar-refractivity contribution is 7.13. The van der Waals surface area contributed by atoms with Crippen LogP contribution in [0.25, 0.3) is 0 Å². The predicted octanol–water partition coefficient (Wildman–Crippen LogP) is 2.60.